The fraction of sp³-hybridized carbons (Fsp3) is 0.211. The highest BCUT2D eigenvalue weighted by molar-refractivity contribution is 7.14. The van der Waals surface area contributed by atoms with E-state index < -0.39 is 5.97 Å². The number of anilines is 2. The van der Waals surface area contributed by atoms with Gasteiger partial charge in [-0.1, -0.05) is 17.7 Å². The normalized spacial score (nSPS) is 10.6. The summed E-state index contributed by atoms with van der Waals surface area (Å²) in [6.07, 6.45) is 4.21. The van der Waals surface area contributed by atoms with Crippen LogP contribution >= 0.6 is 22.9 Å². The molecule has 0 spiro atoms. The van der Waals surface area contributed by atoms with Gasteiger partial charge in [0.25, 0.3) is 0 Å². The van der Waals surface area contributed by atoms with E-state index in [1.54, 1.807) is 11.4 Å². The van der Waals surface area contributed by atoms with Gasteiger partial charge in [0, 0.05) is 24.7 Å². The van der Waals surface area contributed by atoms with E-state index in [2.05, 4.69) is 15.0 Å². The van der Waals surface area contributed by atoms with Crippen LogP contribution in [0.4, 0.5) is 10.8 Å². The summed E-state index contributed by atoms with van der Waals surface area (Å²) in [6.45, 7) is 5.23. The molecule has 0 saturated heterocycles. The van der Waals surface area contributed by atoms with Gasteiger partial charge in [-0.25, -0.2) is 14.8 Å². The fourth-order valence-corrected chi connectivity index (χ4v) is 3.93. The van der Waals surface area contributed by atoms with Crippen molar-refractivity contribution in [2.24, 2.45) is 0 Å². The average Bonchev–Trinajstić information content (AvgIpc) is 3.11. The molecule has 0 unspecified atom stereocenters. The first kappa shape index (κ1) is 19.9. The zero-order chi connectivity index (χ0) is 20.3. The summed E-state index contributed by atoms with van der Waals surface area (Å²) in [7, 11) is 0. The van der Waals surface area contributed by atoms with E-state index in [0.29, 0.717) is 21.5 Å². The number of halogens is 1. The maximum absolute atomic E-state index is 12.3. The predicted molar refractivity (Wildman–Crippen MR) is 107 cm³/mol. The molecule has 3 rings (SSSR count). The van der Waals surface area contributed by atoms with Crippen LogP contribution in [-0.2, 0) is 16.1 Å². The van der Waals surface area contributed by atoms with E-state index in [1.165, 1.54) is 41.8 Å². The number of amides is 1. The Hall–Kier alpha value is -2.84. The molecule has 0 N–H and O–H groups in total. The zero-order valence-electron chi connectivity index (χ0n) is 15.5. The van der Waals surface area contributed by atoms with Crippen LogP contribution in [0.2, 0.25) is 5.02 Å². The van der Waals surface area contributed by atoms with Crippen molar-refractivity contribution >= 4 is 45.6 Å². The van der Waals surface area contributed by atoms with Gasteiger partial charge in [-0.05, 0) is 31.0 Å². The van der Waals surface area contributed by atoms with Gasteiger partial charge in [0.1, 0.15) is 6.61 Å². The van der Waals surface area contributed by atoms with Gasteiger partial charge in [0.15, 0.2) is 10.8 Å². The molecule has 1 aromatic carbocycles. The van der Waals surface area contributed by atoms with E-state index in [-0.39, 0.29) is 18.2 Å². The number of aromatic nitrogens is 3. The minimum absolute atomic E-state index is 0.0434. The van der Waals surface area contributed by atoms with Gasteiger partial charge < -0.3 is 4.74 Å². The molecule has 144 valence electrons. The van der Waals surface area contributed by atoms with Gasteiger partial charge in [-0.15, -0.1) is 11.3 Å². The first-order valence-electron chi connectivity index (χ1n) is 8.32. The Morgan fingerprint density at radius 3 is 2.68 bits per heavy atom. The maximum atomic E-state index is 12.3. The SMILES string of the molecule is CC(=O)N(c1nc(COC(=O)c2cnccn2)cs1)c1c(C)cc(C)cc1Cl. The molecule has 2 aromatic heterocycles. The van der Waals surface area contributed by atoms with Gasteiger partial charge in [-0.3, -0.25) is 14.7 Å². The lowest BCUT2D eigenvalue weighted by Gasteiger charge is -2.22. The minimum atomic E-state index is -0.594. The minimum Gasteiger partial charge on any atom is -0.454 e. The summed E-state index contributed by atoms with van der Waals surface area (Å²) < 4.78 is 5.21. The Kier molecular flexibility index (Phi) is 6.01. The van der Waals surface area contributed by atoms with Crippen LogP contribution in [0.25, 0.3) is 0 Å². The molecule has 0 aliphatic rings. The second kappa shape index (κ2) is 8.45. The van der Waals surface area contributed by atoms with Crippen LogP contribution < -0.4 is 4.90 Å². The van der Waals surface area contributed by atoms with E-state index >= 15 is 0 Å². The van der Waals surface area contributed by atoms with Crippen molar-refractivity contribution in [1.82, 2.24) is 15.0 Å². The molecule has 28 heavy (non-hydrogen) atoms. The van der Waals surface area contributed by atoms with Gasteiger partial charge in [0.05, 0.1) is 22.6 Å². The number of hydrogen-bond acceptors (Lipinski definition) is 7. The number of benzene rings is 1. The average molecular weight is 417 g/mol. The smallest absolute Gasteiger partial charge is 0.358 e. The molecule has 0 atom stereocenters. The number of thiazole rings is 1. The van der Waals surface area contributed by atoms with E-state index in [9.17, 15) is 9.59 Å². The molecular weight excluding hydrogens is 400 g/mol. The van der Waals surface area contributed by atoms with E-state index in [4.69, 9.17) is 16.3 Å². The monoisotopic (exact) mass is 416 g/mol. The van der Waals surface area contributed by atoms with Crippen molar-refractivity contribution in [1.29, 1.82) is 0 Å². The first-order valence-corrected chi connectivity index (χ1v) is 9.57. The van der Waals surface area contributed by atoms with Crippen molar-refractivity contribution in [2.75, 3.05) is 4.90 Å². The Bertz CT molecular complexity index is 1000. The van der Waals surface area contributed by atoms with Crippen molar-refractivity contribution in [2.45, 2.75) is 27.4 Å². The quantitative estimate of drug-likeness (QED) is 0.578. The Labute approximate surface area is 171 Å². The molecule has 0 aliphatic heterocycles. The number of hydrogen-bond donors (Lipinski definition) is 0. The second-order valence-electron chi connectivity index (χ2n) is 6.05. The number of rotatable bonds is 5. The number of esters is 1. The standard InChI is InChI=1S/C19H17ClN4O3S/c1-11-6-12(2)17(15(20)7-11)24(13(3)25)19-23-14(10-28-19)9-27-18(26)16-8-21-4-5-22-16/h4-8,10H,9H2,1-3H3. The summed E-state index contributed by atoms with van der Waals surface area (Å²) in [5.41, 5.74) is 3.10. The highest BCUT2D eigenvalue weighted by Crippen LogP contribution is 2.37. The molecule has 9 heteroatoms. The molecular formula is C19H17ClN4O3S. The molecule has 0 radical (unpaired) electrons. The van der Waals surface area contributed by atoms with Crippen LogP contribution in [0.15, 0.2) is 36.1 Å². The lowest BCUT2D eigenvalue weighted by atomic mass is 10.1. The maximum Gasteiger partial charge on any atom is 0.358 e. The topological polar surface area (TPSA) is 85.3 Å². The fourth-order valence-electron chi connectivity index (χ4n) is 2.66. The summed E-state index contributed by atoms with van der Waals surface area (Å²) in [4.78, 5) is 37.9. The number of nitrogens with zero attached hydrogens (tertiary/aromatic N) is 4. The number of carbonyl (C=O) groups is 2. The molecule has 0 aliphatic carbocycles. The third-order valence-corrected chi connectivity index (χ3v) is 4.95. The molecule has 7 nitrogen and oxygen atoms in total. The predicted octanol–water partition coefficient (Wildman–Crippen LogP) is 4.24. The van der Waals surface area contributed by atoms with Crippen LogP contribution in [0.3, 0.4) is 0 Å². The lowest BCUT2D eigenvalue weighted by molar-refractivity contribution is -0.115. The van der Waals surface area contributed by atoms with Gasteiger partial charge in [-0.2, -0.15) is 0 Å². The number of aryl methyl sites for hydroxylation is 2. The molecule has 0 fully saturated rings. The Morgan fingerprint density at radius 1 is 1.25 bits per heavy atom. The summed E-state index contributed by atoms with van der Waals surface area (Å²) in [5.74, 6) is -0.810. The van der Waals surface area contributed by atoms with Crippen LogP contribution in [0, 0.1) is 13.8 Å². The second-order valence-corrected chi connectivity index (χ2v) is 7.30. The highest BCUT2D eigenvalue weighted by atomic mass is 35.5. The molecule has 0 saturated carbocycles. The Balaban J connectivity index is 1.81. The van der Waals surface area contributed by atoms with Crippen LogP contribution in [-0.4, -0.2) is 26.8 Å². The third-order valence-electron chi connectivity index (χ3n) is 3.79. The highest BCUT2D eigenvalue weighted by Gasteiger charge is 2.23. The van der Waals surface area contributed by atoms with Gasteiger partial charge >= 0.3 is 5.97 Å². The molecule has 3 aromatic rings. The van der Waals surface area contributed by atoms with E-state index in [1.807, 2.05) is 19.9 Å². The van der Waals surface area contributed by atoms with Crippen molar-refractivity contribution in [3.63, 3.8) is 0 Å². The lowest BCUT2D eigenvalue weighted by Crippen LogP contribution is -2.24. The number of carbonyl (C=O) groups excluding carboxylic acids is 2. The zero-order valence-corrected chi connectivity index (χ0v) is 17.0. The molecule has 2 heterocycles. The third kappa shape index (κ3) is 4.35. The van der Waals surface area contributed by atoms with Crippen molar-refractivity contribution < 1.29 is 14.3 Å². The van der Waals surface area contributed by atoms with Crippen molar-refractivity contribution in [3.8, 4) is 0 Å². The van der Waals surface area contributed by atoms with Crippen LogP contribution in [0.1, 0.15) is 34.2 Å². The largest absolute Gasteiger partial charge is 0.454 e. The van der Waals surface area contributed by atoms with Crippen LogP contribution in [0.5, 0.6) is 0 Å². The molecule has 0 bridgehead atoms. The van der Waals surface area contributed by atoms with Crippen molar-refractivity contribution in [3.05, 3.63) is 63.6 Å². The number of ether oxygens (including phenoxy) is 1. The first-order chi connectivity index (χ1) is 13.4. The van der Waals surface area contributed by atoms with Gasteiger partial charge in [0.2, 0.25) is 5.91 Å². The summed E-state index contributed by atoms with van der Waals surface area (Å²) >= 11 is 7.67. The van der Waals surface area contributed by atoms with E-state index in [0.717, 1.165) is 11.1 Å². The molecule has 1 amide bonds. The summed E-state index contributed by atoms with van der Waals surface area (Å²) in [5, 5.41) is 2.65. The summed E-state index contributed by atoms with van der Waals surface area (Å²) in [6, 6.07) is 3.76. The Morgan fingerprint density at radius 2 is 2.04 bits per heavy atom.